The summed E-state index contributed by atoms with van der Waals surface area (Å²) in [7, 11) is 2.15. The topological polar surface area (TPSA) is 32.7 Å². The SMILES string of the molecule is CCCOc1ccc(CN(C)C2CCCC2)c(O)c1. The first kappa shape index (κ1) is 14.2. The molecule has 106 valence electrons. The van der Waals surface area contributed by atoms with Gasteiger partial charge in [-0.25, -0.2) is 0 Å². The van der Waals surface area contributed by atoms with Gasteiger partial charge >= 0.3 is 0 Å². The van der Waals surface area contributed by atoms with Crippen molar-refractivity contribution in [1.82, 2.24) is 4.90 Å². The van der Waals surface area contributed by atoms with Crippen molar-refractivity contribution in [2.45, 2.75) is 51.6 Å². The van der Waals surface area contributed by atoms with Crippen LogP contribution in [0.3, 0.4) is 0 Å². The quantitative estimate of drug-likeness (QED) is 0.852. The van der Waals surface area contributed by atoms with Gasteiger partial charge in [-0.1, -0.05) is 25.8 Å². The number of ether oxygens (including phenoxy) is 1. The summed E-state index contributed by atoms with van der Waals surface area (Å²) in [6, 6.07) is 6.34. The van der Waals surface area contributed by atoms with Gasteiger partial charge in [0.1, 0.15) is 11.5 Å². The Morgan fingerprint density at radius 1 is 1.32 bits per heavy atom. The Bertz CT molecular complexity index is 400. The summed E-state index contributed by atoms with van der Waals surface area (Å²) < 4.78 is 5.52. The molecule has 1 aliphatic carbocycles. The predicted molar refractivity (Wildman–Crippen MR) is 77.6 cm³/mol. The molecule has 0 amide bonds. The Kier molecular flexibility index (Phi) is 5.08. The second-order valence-corrected chi connectivity index (χ2v) is 5.49. The maximum atomic E-state index is 10.1. The molecule has 0 aromatic heterocycles. The normalized spacial score (nSPS) is 16.2. The van der Waals surface area contributed by atoms with E-state index in [0.717, 1.165) is 24.3 Å². The lowest BCUT2D eigenvalue weighted by molar-refractivity contribution is 0.234. The highest BCUT2D eigenvalue weighted by atomic mass is 16.5. The first-order valence-corrected chi connectivity index (χ1v) is 7.35. The van der Waals surface area contributed by atoms with Gasteiger partial charge in [0, 0.05) is 24.2 Å². The van der Waals surface area contributed by atoms with Crippen LogP contribution >= 0.6 is 0 Å². The van der Waals surface area contributed by atoms with Crippen LogP contribution in [0.5, 0.6) is 11.5 Å². The van der Waals surface area contributed by atoms with Crippen LogP contribution in [0.4, 0.5) is 0 Å². The van der Waals surface area contributed by atoms with E-state index in [1.54, 1.807) is 6.07 Å². The minimum Gasteiger partial charge on any atom is -0.507 e. The summed E-state index contributed by atoms with van der Waals surface area (Å²) in [5, 5.41) is 10.1. The third-order valence-electron chi connectivity index (χ3n) is 3.90. The summed E-state index contributed by atoms with van der Waals surface area (Å²) in [4.78, 5) is 2.36. The monoisotopic (exact) mass is 263 g/mol. The minimum atomic E-state index is 0.346. The largest absolute Gasteiger partial charge is 0.507 e. The Hall–Kier alpha value is -1.22. The number of nitrogens with zero attached hydrogens (tertiary/aromatic N) is 1. The average molecular weight is 263 g/mol. The molecule has 1 aromatic rings. The van der Waals surface area contributed by atoms with E-state index in [9.17, 15) is 5.11 Å². The van der Waals surface area contributed by atoms with E-state index in [-0.39, 0.29) is 0 Å². The van der Waals surface area contributed by atoms with E-state index in [1.165, 1.54) is 25.7 Å². The van der Waals surface area contributed by atoms with Crippen molar-refractivity contribution in [3.05, 3.63) is 23.8 Å². The van der Waals surface area contributed by atoms with Crippen molar-refractivity contribution in [2.24, 2.45) is 0 Å². The molecule has 1 N–H and O–H groups in total. The Labute approximate surface area is 116 Å². The van der Waals surface area contributed by atoms with Crippen LogP contribution in [0.2, 0.25) is 0 Å². The molecule has 0 radical (unpaired) electrons. The molecule has 3 nitrogen and oxygen atoms in total. The third kappa shape index (κ3) is 3.87. The van der Waals surface area contributed by atoms with E-state index in [1.807, 2.05) is 12.1 Å². The fourth-order valence-corrected chi connectivity index (χ4v) is 2.73. The Balaban J connectivity index is 1.96. The zero-order valence-corrected chi connectivity index (χ0v) is 12.1. The second kappa shape index (κ2) is 6.80. The van der Waals surface area contributed by atoms with Crippen LogP contribution in [0.15, 0.2) is 18.2 Å². The van der Waals surface area contributed by atoms with Gasteiger partial charge in [-0.05, 0) is 32.4 Å². The van der Waals surface area contributed by atoms with Gasteiger partial charge in [-0.2, -0.15) is 0 Å². The summed E-state index contributed by atoms with van der Waals surface area (Å²) in [5.41, 5.74) is 0.984. The van der Waals surface area contributed by atoms with E-state index < -0.39 is 0 Å². The molecule has 1 aromatic carbocycles. The summed E-state index contributed by atoms with van der Waals surface area (Å²) in [6.07, 6.45) is 6.23. The number of benzene rings is 1. The Morgan fingerprint density at radius 2 is 2.05 bits per heavy atom. The molecule has 2 rings (SSSR count). The fourth-order valence-electron chi connectivity index (χ4n) is 2.73. The lowest BCUT2D eigenvalue weighted by Gasteiger charge is -2.24. The van der Waals surface area contributed by atoms with Gasteiger partial charge in [-0.3, -0.25) is 4.90 Å². The number of aromatic hydroxyl groups is 1. The van der Waals surface area contributed by atoms with Crippen molar-refractivity contribution in [3.63, 3.8) is 0 Å². The van der Waals surface area contributed by atoms with Gasteiger partial charge in [0.25, 0.3) is 0 Å². The number of hydrogen-bond donors (Lipinski definition) is 1. The molecule has 19 heavy (non-hydrogen) atoms. The molecule has 0 spiro atoms. The molecule has 0 heterocycles. The molecule has 0 bridgehead atoms. The molecular weight excluding hydrogens is 238 g/mol. The van der Waals surface area contributed by atoms with Crippen LogP contribution in [0.25, 0.3) is 0 Å². The molecular formula is C16H25NO2. The van der Waals surface area contributed by atoms with Crippen LogP contribution in [-0.4, -0.2) is 29.7 Å². The van der Waals surface area contributed by atoms with E-state index in [4.69, 9.17) is 4.74 Å². The lowest BCUT2D eigenvalue weighted by Crippen LogP contribution is -2.28. The average Bonchev–Trinajstić information content (AvgIpc) is 2.93. The molecule has 3 heteroatoms. The second-order valence-electron chi connectivity index (χ2n) is 5.49. The molecule has 0 saturated heterocycles. The van der Waals surface area contributed by atoms with Crippen molar-refractivity contribution >= 4 is 0 Å². The van der Waals surface area contributed by atoms with E-state index >= 15 is 0 Å². The summed E-state index contributed by atoms with van der Waals surface area (Å²) >= 11 is 0. The van der Waals surface area contributed by atoms with Gasteiger partial charge < -0.3 is 9.84 Å². The molecule has 0 unspecified atom stereocenters. The Morgan fingerprint density at radius 3 is 2.68 bits per heavy atom. The number of phenolic OH excluding ortho intramolecular Hbond substituents is 1. The first-order chi connectivity index (χ1) is 9.20. The number of hydrogen-bond acceptors (Lipinski definition) is 3. The van der Waals surface area contributed by atoms with Gasteiger partial charge in [0.15, 0.2) is 0 Å². The van der Waals surface area contributed by atoms with Crippen molar-refractivity contribution in [3.8, 4) is 11.5 Å². The van der Waals surface area contributed by atoms with Crippen LogP contribution in [0, 0.1) is 0 Å². The van der Waals surface area contributed by atoms with Gasteiger partial charge in [0.2, 0.25) is 0 Å². The highest BCUT2D eigenvalue weighted by molar-refractivity contribution is 5.39. The fraction of sp³-hybridized carbons (Fsp3) is 0.625. The summed E-state index contributed by atoms with van der Waals surface area (Å²) in [5.74, 6) is 1.10. The summed E-state index contributed by atoms with van der Waals surface area (Å²) in [6.45, 7) is 3.58. The highest BCUT2D eigenvalue weighted by Crippen LogP contribution is 2.28. The molecule has 1 fully saturated rings. The zero-order chi connectivity index (χ0) is 13.7. The van der Waals surface area contributed by atoms with E-state index in [0.29, 0.717) is 18.4 Å². The molecule has 1 aliphatic rings. The van der Waals surface area contributed by atoms with Crippen molar-refractivity contribution in [1.29, 1.82) is 0 Å². The van der Waals surface area contributed by atoms with Crippen molar-refractivity contribution in [2.75, 3.05) is 13.7 Å². The maximum Gasteiger partial charge on any atom is 0.123 e. The third-order valence-corrected chi connectivity index (χ3v) is 3.90. The zero-order valence-electron chi connectivity index (χ0n) is 12.1. The molecule has 0 aliphatic heterocycles. The van der Waals surface area contributed by atoms with Crippen LogP contribution < -0.4 is 4.74 Å². The number of rotatable bonds is 6. The standard InChI is InChI=1S/C16H25NO2/c1-3-10-19-15-9-8-13(16(18)11-15)12-17(2)14-6-4-5-7-14/h8-9,11,14,18H,3-7,10,12H2,1-2H3. The maximum absolute atomic E-state index is 10.1. The van der Waals surface area contributed by atoms with Crippen LogP contribution in [-0.2, 0) is 6.54 Å². The highest BCUT2D eigenvalue weighted by Gasteiger charge is 2.20. The minimum absolute atomic E-state index is 0.346. The molecule has 0 atom stereocenters. The van der Waals surface area contributed by atoms with Crippen molar-refractivity contribution < 1.29 is 9.84 Å². The van der Waals surface area contributed by atoms with Gasteiger partial charge in [0.05, 0.1) is 6.61 Å². The molecule has 1 saturated carbocycles. The smallest absolute Gasteiger partial charge is 0.123 e. The number of phenols is 1. The van der Waals surface area contributed by atoms with E-state index in [2.05, 4.69) is 18.9 Å². The van der Waals surface area contributed by atoms with Gasteiger partial charge in [-0.15, -0.1) is 0 Å². The van der Waals surface area contributed by atoms with Crippen LogP contribution in [0.1, 0.15) is 44.6 Å². The lowest BCUT2D eigenvalue weighted by atomic mass is 10.1. The predicted octanol–water partition coefficient (Wildman–Crippen LogP) is 3.56. The first-order valence-electron chi connectivity index (χ1n) is 7.35.